The van der Waals surface area contributed by atoms with Crippen LogP contribution in [0.2, 0.25) is 0 Å². The van der Waals surface area contributed by atoms with E-state index in [0.717, 1.165) is 38.5 Å². The maximum Gasteiger partial charge on any atom is 0.279 e. The molecular formula is C11H23N3O2S. The minimum atomic E-state index is -3.28. The van der Waals surface area contributed by atoms with Gasteiger partial charge in [0.2, 0.25) is 0 Å². The fourth-order valence-electron chi connectivity index (χ4n) is 2.49. The Balaban J connectivity index is 1.99. The van der Waals surface area contributed by atoms with Gasteiger partial charge in [-0.3, -0.25) is 0 Å². The molecule has 0 aliphatic heterocycles. The third-order valence-corrected chi connectivity index (χ3v) is 5.47. The van der Waals surface area contributed by atoms with Crippen LogP contribution in [-0.2, 0) is 10.2 Å². The molecule has 2 saturated carbocycles. The first-order valence-corrected chi connectivity index (χ1v) is 8.01. The summed E-state index contributed by atoms with van der Waals surface area (Å²) in [7, 11) is -3.28. The molecule has 0 radical (unpaired) electrons. The predicted octanol–water partition coefficient (Wildman–Crippen LogP) is 0.575. The average molecular weight is 261 g/mol. The number of hydrogen-bond acceptors (Lipinski definition) is 3. The zero-order chi connectivity index (χ0) is 12.5. The monoisotopic (exact) mass is 261 g/mol. The summed E-state index contributed by atoms with van der Waals surface area (Å²) < 4.78 is 28.7. The van der Waals surface area contributed by atoms with Crippen LogP contribution in [-0.4, -0.2) is 37.4 Å². The topological polar surface area (TPSA) is 75.4 Å². The molecule has 2 aliphatic rings. The Hall–Kier alpha value is -0.170. The molecule has 0 atom stereocenters. The average Bonchev–Trinajstić information content (AvgIpc) is 3.04. The van der Waals surface area contributed by atoms with Crippen molar-refractivity contribution in [2.24, 2.45) is 5.73 Å². The number of rotatable bonds is 5. The van der Waals surface area contributed by atoms with E-state index in [9.17, 15) is 8.42 Å². The lowest BCUT2D eigenvalue weighted by Crippen LogP contribution is -2.49. The molecule has 2 rings (SSSR count). The molecule has 0 amide bonds. The van der Waals surface area contributed by atoms with E-state index in [-0.39, 0.29) is 18.1 Å². The Bertz CT molecular complexity index is 346. The Kier molecular flexibility index (Phi) is 4.07. The SMILES string of the molecule is CCN(C1CCC(N)CC1)S(=O)(=O)NC1CC1. The second-order valence-electron chi connectivity index (χ2n) is 5.17. The molecule has 6 heteroatoms. The van der Waals surface area contributed by atoms with E-state index in [1.54, 1.807) is 4.31 Å². The van der Waals surface area contributed by atoms with Crippen LogP contribution in [0.3, 0.4) is 0 Å². The van der Waals surface area contributed by atoms with Crippen molar-refractivity contribution >= 4 is 10.2 Å². The summed E-state index contributed by atoms with van der Waals surface area (Å²) in [4.78, 5) is 0. The lowest BCUT2D eigenvalue weighted by Gasteiger charge is -2.34. The van der Waals surface area contributed by atoms with Crippen molar-refractivity contribution in [3.8, 4) is 0 Å². The third-order valence-electron chi connectivity index (χ3n) is 3.66. The summed E-state index contributed by atoms with van der Waals surface area (Å²) in [6, 6.07) is 0.569. The van der Waals surface area contributed by atoms with Crippen molar-refractivity contribution in [1.82, 2.24) is 9.03 Å². The highest BCUT2D eigenvalue weighted by Crippen LogP contribution is 2.26. The number of nitrogens with one attached hydrogen (secondary N) is 1. The van der Waals surface area contributed by atoms with Crippen molar-refractivity contribution in [2.45, 2.75) is 63.6 Å². The first kappa shape index (κ1) is 13.3. The molecule has 100 valence electrons. The molecule has 0 spiro atoms. The van der Waals surface area contributed by atoms with E-state index in [4.69, 9.17) is 5.73 Å². The zero-order valence-electron chi connectivity index (χ0n) is 10.4. The fraction of sp³-hybridized carbons (Fsp3) is 1.00. The summed E-state index contributed by atoms with van der Waals surface area (Å²) in [5.41, 5.74) is 5.85. The van der Waals surface area contributed by atoms with Crippen LogP contribution in [0.1, 0.15) is 45.4 Å². The van der Waals surface area contributed by atoms with Crippen LogP contribution in [0.25, 0.3) is 0 Å². The van der Waals surface area contributed by atoms with Crippen LogP contribution in [0, 0.1) is 0 Å². The first-order chi connectivity index (χ1) is 8.03. The summed E-state index contributed by atoms with van der Waals surface area (Å²) in [5, 5.41) is 0. The van der Waals surface area contributed by atoms with Crippen molar-refractivity contribution < 1.29 is 8.42 Å². The standard InChI is InChI=1S/C11H23N3O2S/c1-2-14(11-7-3-9(12)4-8-11)17(15,16)13-10-5-6-10/h9-11,13H,2-8,12H2,1H3. The van der Waals surface area contributed by atoms with Gasteiger partial charge in [0.15, 0.2) is 0 Å². The van der Waals surface area contributed by atoms with Crippen molar-refractivity contribution in [3.63, 3.8) is 0 Å². The third kappa shape index (κ3) is 3.40. The zero-order valence-corrected chi connectivity index (χ0v) is 11.2. The van der Waals surface area contributed by atoms with Gasteiger partial charge in [-0.25, -0.2) is 0 Å². The molecule has 17 heavy (non-hydrogen) atoms. The second-order valence-corrected chi connectivity index (χ2v) is 6.82. The van der Waals surface area contributed by atoms with E-state index in [1.165, 1.54) is 0 Å². The molecule has 2 fully saturated rings. The molecule has 5 nitrogen and oxygen atoms in total. The molecule has 0 aromatic carbocycles. The molecular weight excluding hydrogens is 238 g/mol. The van der Waals surface area contributed by atoms with Crippen LogP contribution in [0.15, 0.2) is 0 Å². The van der Waals surface area contributed by atoms with Crippen LogP contribution < -0.4 is 10.5 Å². The van der Waals surface area contributed by atoms with Gasteiger partial charge in [0.1, 0.15) is 0 Å². The van der Waals surface area contributed by atoms with Gasteiger partial charge in [-0.15, -0.1) is 0 Å². The van der Waals surface area contributed by atoms with E-state index in [2.05, 4.69) is 4.72 Å². The minimum Gasteiger partial charge on any atom is -0.328 e. The van der Waals surface area contributed by atoms with E-state index in [0.29, 0.717) is 6.54 Å². The van der Waals surface area contributed by atoms with E-state index < -0.39 is 10.2 Å². The van der Waals surface area contributed by atoms with Gasteiger partial charge in [-0.2, -0.15) is 17.4 Å². The summed E-state index contributed by atoms with van der Waals surface area (Å²) in [6.07, 6.45) is 5.60. The predicted molar refractivity (Wildman–Crippen MR) is 67.7 cm³/mol. The van der Waals surface area contributed by atoms with Gasteiger partial charge in [0, 0.05) is 24.7 Å². The molecule has 3 N–H and O–H groups in total. The van der Waals surface area contributed by atoms with Crippen LogP contribution >= 0.6 is 0 Å². The molecule has 0 aromatic rings. The van der Waals surface area contributed by atoms with Gasteiger partial charge in [0.05, 0.1) is 0 Å². The Morgan fingerprint density at radius 2 is 1.76 bits per heavy atom. The Labute approximate surface area is 104 Å². The normalized spacial score (nSPS) is 30.8. The molecule has 0 unspecified atom stereocenters. The highest BCUT2D eigenvalue weighted by atomic mass is 32.2. The summed E-state index contributed by atoms with van der Waals surface area (Å²) in [5.74, 6) is 0. The molecule has 0 saturated heterocycles. The fourth-order valence-corrected chi connectivity index (χ4v) is 4.23. The van der Waals surface area contributed by atoms with Gasteiger partial charge < -0.3 is 5.73 Å². The smallest absolute Gasteiger partial charge is 0.279 e. The van der Waals surface area contributed by atoms with Gasteiger partial charge in [-0.1, -0.05) is 6.92 Å². The molecule has 0 heterocycles. The van der Waals surface area contributed by atoms with Crippen molar-refractivity contribution in [3.05, 3.63) is 0 Å². The van der Waals surface area contributed by atoms with E-state index >= 15 is 0 Å². The van der Waals surface area contributed by atoms with Crippen molar-refractivity contribution in [2.75, 3.05) is 6.54 Å². The maximum atomic E-state index is 12.2. The summed E-state index contributed by atoms with van der Waals surface area (Å²) in [6.45, 7) is 2.45. The highest BCUT2D eigenvalue weighted by molar-refractivity contribution is 7.87. The summed E-state index contributed by atoms with van der Waals surface area (Å²) >= 11 is 0. The van der Waals surface area contributed by atoms with E-state index in [1.807, 2.05) is 6.92 Å². The van der Waals surface area contributed by atoms with Gasteiger partial charge >= 0.3 is 0 Å². The Morgan fingerprint density at radius 1 is 1.18 bits per heavy atom. The second kappa shape index (κ2) is 5.22. The lowest BCUT2D eigenvalue weighted by molar-refractivity contribution is 0.244. The molecule has 0 bridgehead atoms. The maximum absolute atomic E-state index is 12.2. The number of nitrogens with zero attached hydrogens (tertiary/aromatic N) is 1. The lowest BCUT2D eigenvalue weighted by atomic mass is 9.92. The van der Waals surface area contributed by atoms with Crippen molar-refractivity contribution in [1.29, 1.82) is 0 Å². The number of hydrogen-bond donors (Lipinski definition) is 2. The number of nitrogens with two attached hydrogens (primary N) is 1. The van der Waals surface area contributed by atoms with Crippen LogP contribution in [0.5, 0.6) is 0 Å². The molecule has 0 aromatic heterocycles. The van der Waals surface area contributed by atoms with Gasteiger partial charge in [0.25, 0.3) is 10.2 Å². The van der Waals surface area contributed by atoms with Crippen LogP contribution in [0.4, 0.5) is 0 Å². The largest absolute Gasteiger partial charge is 0.328 e. The minimum absolute atomic E-state index is 0.135. The van der Waals surface area contributed by atoms with Gasteiger partial charge in [-0.05, 0) is 38.5 Å². The highest BCUT2D eigenvalue weighted by Gasteiger charge is 2.35. The quantitative estimate of drug-likeness (QED) is 0.760. The Morgan fingerprint density at radius 3 is 2.24 bits per heavy atom. The first-order valence-electron chi connectivity index (χ1n) is 6.57. The molecule has 2 aliphatic carbocycles.